The number of hydrogen-bond donors (Lipinski definition) is 0. The van der Waals surface area contributed by atoms with E-state index in [2.05, 4.69) is 0 Å². The van der Waals surface area contributed by atoms with Crippen molar-refractivity contribution in [3.05, 3.63) is 68.4 Å². The highest BCUT2D eigenvalue weighted by molar-refractivity contribution is 6.37. The molecule has 0 heterocycles. The Kier molecular flexibility index (Phi) is 3.91. The molecule has 1 nitrogen and oxygen atoms in total. The highest BCUT2D eigenvalue weighted by Gasteiger charge is 2.17. The molecule has 0 aliphatic carbocycles. The summed E-state index contributed by atoms with van der Waals surface area (Å²) in [5.41, 5.74) is 0.117. The van der Waals surface area contributed by atoms with Gasteiger partial charge in [0.2, 0.25) is 0 Å². The highest BCUT2D eigenvalue weighted by Crippen LogP contribution is 2.25. The van der Waals surface area contributed by atoms with Crippen LogP contribution in [0.1, 0.15) is 15.9 Å². The molecule has 0 bridgehead atoms. The molecule has 0 saturated carbocycles. The van der Waals surface area contributed by atoms with Crippen LogP contribution in [0.5, 0.6) is 0 Å². The molecule has 0 fully saturated rings. The summed E-state index contributed by atoms with van der Waals surface area (Å²) in [5.74, 6) is -1.19. The average Bonchev–Trinajstić information content (AvgIpc) is 2.28. The summed E-state index contributed by atoms with van der Waals surface area (Å²) in [7, 11) is 0. The van der Waals surface area contributed by atoms with Crippen molar-refractivity contribution in [2.45, 2.75) is 0 Å². The Morgan fingerprint density at radius 1 is 0.889 bits per heavy atom. The van der Waals surface area contributed by atoms with Gasteiger partial charge in [0.25, 0.3) is 0 Å². The van der Waals surface area contributed by atoms with Gasteiger partial charge in [0.1, 0.15) is 5.82 Å². The Balaban J connectivity index is 2.48. The van der Waals surface area contributed by atoms with E-state index >= 15 is 0 Å². The van der Waals surface area contributed by atoms with E-state index in [9.17, 15) is 9.18 Å². The molecule has 0 aliphatic heterocycles. The van der Waals surface area contributed by atoms with Gasteiger partial charge in [-0.25, -0.2) is 4.39 Å². The first-order chi connectivity index (χ1) is 8.49. The first-order valence-corrected chi connectivity index (χ1v) is 6.07. The molecular weight excluding hydrogens is 297 g/mol. The quantitative estimate of drug-likeness (QED) is 0.712. The van der Waals surface area contributed by atoms with E-state index in [1.54, 1.807) is 0 Å². The Hall–Kier alpha value is -1.09. The third-order valence-electron chi connectivity index (χ3n) is 2.35. The van der Waals surface area contributed by atoms with Crippen LogP contribution in [0.2, 0.25) is 15.1 Å². The molecule has 0 N–H and O–H groups in total. The minimum atomic E-state index is -0.682. The van der Waals surface area contributed by atoms with Gasteiger partial charge in [-0.1, -0.05) is 34.8 Å². The molecule has 0 atom stereocenters. The lowest BCUT2D eigenvalue weighted by Gasteiger charge is -2.05. The van der Waals surface area contributed by atoms with Crippen molar-refractivity contribution in [3.63, 3.8) is 0 Å². The minimum Gasteiger partial charge on any atom is -0.288 e. The molecule has 2 aromatic rings. The van der Waals surface area contributed by atoms with Gasteiger partial charge in [-0.05, 0) is 36.4 Å². The number of halogens is 4. The predicted molar refractivity (Wildman–Crippen MR) is 71.3 cm³/mol. The number of rotatable bonds is 2. The summed E-state index contributed by atoms with van der Waals surface area (Å²) in [6.07, 6.45) is 0. The minimum absolute atomic E-state index is 0.0800. The predicted octanol–water partition coefficient (Wildman–Crippen LogP) is 5.02. The van der Waals surface area contributed by atoms with Crippen LogP contribution >= 0.6 is 34.8 Å². The largest absolute Gasteiger partial charge is 0.288 e. The molecule has 2 aromatic carbocycles. The number of carbonyl (C=O) groups is 1. The van der Waals surface area contributed by atoms with Crippen LogP contribution in [0.15, 0.2) is 36.4 Å². The fourth-order valence-corrected chi connectivity index (χ4v) is 2.15. The monoisotopic (exact) mass is 302 g/mol. The zero-order valence-electron chi connectivity index (χ0n) is 8.88. The third kappa shape index (κ3) is 2.66. The van der Waals surface area contributed by atoms with Gasteiger partial charge in [0.15, 0.2) is 5.78 Å². The summed E-state index contributed by atoms with van der Waals surface area (Å²) in [6, 6.07) is 8.27. The molecule has 0 aliphatic rings. The highest BCUT2D eigenvalue weighted by atomic mass is 35.5. The maximum absolute atomic E-state index is 13.6. The lowest BCUT2D eigenvalue weighted by molar-refractivity contribution is 0.103. The summed E-state index contributed by atoms with van der Waals surface area (Å²) in [5, 5.41) is 0.821. The smallest absolute Gasteiger partial charge is 0.197 e. The molecule has 0 unspecified atom stereocenters. The van der Waals surface area contributed by atoms with Crippen LogP contribution in [0.3, 0.4) is 0 Å². The molecule has 0 radical (unpaired) electrons. The van der Waals surface area contributed by atoms with Crippen molar-refractivity contribution >= 4 is 40.6 Å². The second-order valence-electron chi connectivity index (χ2n) is 3.58. The Morgan fingerprint density at radius 3 is 2.00 bits per heavy atom. The third-order valence-corrected chi connectivity index (χ3v) is 3.13. The van der Waals surface area contributed by atoms with Crippen molar-refractivity contribution in [2.75, 3.05) is 0 Å². The van der Waals surface area contributed by atoms with Gasteiger partial charge in [0.05, 0.1) is 10.6 Å². The normalized spacial score (nSPS) is 10.4. The molecule has 0 aromatic heterocycles. The van der Waals surface area contributed by atoms with E-state index in [0.717, 1.165) is 6.07 Å². The van der Waals surface area contributed by atoms with Gasteiger partial charge >= 0.3 is 0 Å². The number of ketones is 1. The van der Waals surface area contributed by atoms with Crippen molar-refractivity contribution in [2.24, 2.45) is 0 Å². The van der Waals surface area contributed by atoms with E-state index in [-0.39, 0.29) is 21.2 Å². The molecule has 92 valence electrons. The fourth-order valence-electron chi connectivity index (χ4n) is 1.49. The molecule has 0 saturated heterocycles. The Morgan fingerprint density at radius 2 is 1.44 bits per heavy atom. The lowest BCUT2D eigenvalue weighted by atomic mass is 10.0. The topological polar surface area (TPSA) is 17.1 Å². The van der Waals surface area contributed by atoms with Gasteiger partial charge in [0, 0.05) is 15.6 Å². The summed E-state index contributed by atoms with van der Waals surface area (Å²) in [4.78, 5) is 12.1. The van der Waals surface area contributed by atoms with Crippen molar-refractivity contribution in [3.8, 4) is 0 Å². The zero-order valence-corrected chi connectivity index (χ0v) is 11.2. The standard InChI is InChI=1S/C13H6Cl3FO/c14-7-1-3-9(11(16)5-7)13(18)10-4-2-8(15)6-12(10)17/h1-6H. The Labute approximate surface area is 118 Å². The van der Waals surface area contributed by atoms with Gasteiger partial charge in [-0.15, -0.1) is 0 Å². The zero-order chi connectivity index (χ0) is 13.3. The number of hydrogen-bond acceptors (Lipinski definition) is 1. The average molecular weight is 304 g/mol. The van der Waals surface area contributed by atoms with Gasteiger partial charge < -0.3 is 0 Å². The van der Waals surface area contributed by atoms with Gasteiger partial charge in [-0.2, -0.15) is 0 Å². The van der Waals surface area contributed by atoms with Crippen LogP contribution in [0, 0.1) is 5.82 Å². The number of carbonyl (C=O) groups excluding carboxylic acids is 1. The van der Waals surface area contributed by atoms with Crippen LogP contribution in [-0.4, -0.2) is 5.78 Å². The van der Waals surface area contributed by atoms with E-state index in [0.29, 0.717) is 5.02 Å². The fraction of sp³-hybridized carbons (Fsp3) is 0. The Bertz CT molecular complexity index is 572. The molecule has 18 heavy (non-hydrogen) atoms. The maximum Gasteiger partial charge on any atom is 0.197 e. The SMILES string of the molecule is O=C(c1ccc(Cl)cc1F)c1ccc(Cl)cc1Cl. The second-order valence-corrected chi connectivity index (χ2v) is 4.86. The summed E-state index contributed by atoms with van der Waals surface area (Å²) < 4.78 is 13.6. The molecule has 2 rings (SSSR count). The van der Waals surface area contributed by atoms with Crippen LogP contribution < -0.4 is 0 Å². The molecular formula is C13H6Cl3FO. The first-order valence-electron chi connectivity index (χ1n) is 4.94. The maximum atomic E-state index is 13.6. The molecule has 0 amide bonds. The summed E-state index contributed by atoms with van der Waals surface area (Å²) >= 11 is 17.3. The van der Waals surface area contributed by atoms with Crippen LogP contribution in [0.25, 0.3) is 0 Å². The van der Waals surface area contributed by atoms with Crippen molar-refractivity contribution in [1.29, 1.82) is 0 Å². The van der Waals surface area contributed by atoms with Crippen LogP contribution in [0.4, 0.5) is 4.39 Å². The van der Waals surface area contributed by atoms with E-state index in [1.165, 1.54) is 30.3 Å². The van der Waals surface area contributed by atoms with E-state index in [1.807, 2.05) is 0 Å². The van der Waals surface area contributed by atoms with E-state index < -0.39 is 11.6 Å². The molecule has 5 heteroatoms. The van der Waals surface area contributed by atoms with Gasteiger partial charge in [-0.3, -0.25) is 4.79 Å². The first kappa shape index (κ1) is 13.3. The second kappa shape index (κ2) is 5.27. The number of benzene rings is 2. The van der Waals surface area contributed by atoms with Crippen molar-refractivity contribution in [1.82, 2.24) is 0 Å². The molecule has 0 spiro atoms. The van der Waals surface area contributed by atoms with Crippen LogP contribution in [-0.2, 0) is 0 Å². The van der Waals surface area contributed by atoms with E-state index in [4.69, 9.17) is 34.8 Å². The lowest BCUT2D eigenvalue weighted by Crippen LogP contribution is -2.04. The summed E-state index contributed by atoms with van der Waals surface area (Å²) in [6.45, 7) is 0. The van der Waals surface area contributed by atoms with Crippen molar-refractivity contribution < 1.29 is 9.18 Å².